The van der Waals surface area contributed by atoms with E-state index in [1.165, 1.54) is 24.3 Å². The molecule has 0 atom stereocenters. The molecule has 0 bridgehead atoms. The van der Waals surface area contributed by atoms with Crippen molar-refractivity contribution in [2.24, 2.45) is 0 Å². The van der Waals surface area contributed by atoms with Crippen LogP contribution >= 0.6 is 0 Å². The zero-order valence-corrected chi connectivity index (χ0v) is 7.83. The van der Waals surface area contributed by atoms with Gasteiger partial charge in [-0.05, 0) is 12.1 Å². The van der Waals surface area contributed by atoms with Crippen LogP contribution in [0.2, 0.25) is 0 Å². The first kappa shape index (κ1) is 10.6. The van der Waals surface area contributed by atoms with Crippen molar-refractivity contribution in [1.82, 2.24) is 0 Å². The van der Waals surface area contributed by atoms with Gasteiger partial charge in [0.15, 0.2) is 6.67 Å². The molecular weight excluding hydrogens is 211 g/mol. The van der Waals surface area contributed by atoms with Crippen molar-refractivity contribution in [2.75, 3.05) is 6.67 Å². The Morgan fingerprint density at radius 3 is 2.36 bits per heavy atom. The van der Waals surface area contributed by atoms with Crippen LogP contribution in [0, 0.1) is 0 Å². The van der Waals surface area contributed by atoms with Crippen molar-refractivity contribution in [2.45, 2.75) is 4.90 Å². The molecule has 0 saturated carbocycles. The molecule has 1 aromatic carbocycles. The average Bonchev–Trinajstić information content (AvgIpc) is 2.18. The van der Waals surface area contributed by atoms with Crippen molar-refractivity contribution < 1.29 is 21.8 Å². The lowest BCUT2D eigenvalue weighted by Gasteiger charge is -2.02. The third-order valence-electron chi connectivity index (χ3n) is 1.34. The number of carbonyl (C=O) groups excluding carboxylic acids is 1. The summed E-state index contributed by atoms with van der Waals surface area (Å²) in [6.07, 6.45) is 0. The number of hydrogen-bond donors (Lipinski definition) is 0. The topological polar surface area (TPSA) is 60.4 Å². The highest BCUT2D eigenvalue weighted by Gasteiger charge is 2.19. The van der Waals surface area contributed by atoms with Crippen molar-refractivity contribution in [3.8, 4) is 0 Å². The van der Waals surface area contributed by atoms with E-state index in [2.05, 4.69) is 4.18 Å². The van der Waals surface area contributed by atoms with Crippen LogP contribution in [-0.4, -0.2) is 21.1 Å². The molecule has 76 valence electrons. The van der Waals surface area contributed by atoms with E-state index < -0.39 is 22.8 Å². The normalized spacial score (nSPS) is 10.9. The fourth-order valence-electron chi connectivity index (χ4n) is 0.780. The van der Waals surface area contributed by atoms with Gasteiger partial charge in [0.25, 0.3) is 0 Å². The maximum Gasteiger partial charge on any atom is 0.353 e. The molecule has 4 nitrogen and oxygen atoms in total. The van der Waals surface area contributed by atoms with E-state index in [4.69, 9.17) is 0 Å². The number of hydrogen-bond acceptors (Lipinski definition) is 4. The van der Waals surface area contributed by atoms with E-state index in [0.29, 0.717) is 0 Å². The van der Waals surface area contributed by atoms with Gasteiger partial charge in [0.2, 0.25) is 0 Å². The molecular formula is C8H7FO4S. The Morgan fingerprint density at radius 2 is 1.86 bits per heavy atom. The lowest BCUT2D eigenvalue weighted by Crippen LogP contribution is -2.14. The van der Waals surface area contributed by atoms with Crippen LogP contribution < -0.4 is 0 Å². The Kier molecular flexibility index (Phi) is 3.19. The van der Waals surface area contributed by atoms with Crippen molar-refractivity contribution in [3.63, 3.8) is 0 Å². The largest absolute Gasteiger partial charge is 0.353 e. The zero-order valence-electron chi connectivity index (χ0n) is 7.01. The van der Waals surface area contributed by atoms with Gasteiger partial charge in [0, 0.05) is 0 Å². The van der Waals surface area contributed by atoms with Crippen LogP contribution in [0.4, 0.5) is 4.39 Å². The molecule has 1 rings (SSSR count). The van der Waals surface area contributed by atoms with Gasteiger partial charge < -0.3 is 4.18 Å². The fraction of sp³-hybridized carbons (Fsp3) is 0.125. The van der Waals surface area contributed by atoms with Gasteiger partial charge in [-0.3, -0.25) is 0 Å². The zero-order chi connectivity index (χ0) is 10.6. The Hall–Kier alpha value is -1.43. The van der Waals surface area contributed by atoms with Gasteiger partial charge in [-0.1, -0.05) is 18.2 Å². The number of halogens is 1. The average molecular weight is 218 g/mol. The smallest absolute Gasteiger partial charge is 0.339 e. The molecule has 0 heterocycles. The molecule has 14 heavy (non-hydrogen) atoms. The summed E-state index contributed by atoms with van der Waals surface area (Å²) in [5.41, 5.74) is 0. The molecule has 0 N–H and O–H groups in total. The second-order valence-corrected chi connectivity index (χ2v) is 3.90. The number of rotatable bonds is 3. The van der Waals surface area contributed by atoms with E-state index in [9.17, 15) is 17.6 Å². The van der Waals surface area contributed by atoms with Gasteiger partial charge in [0.1, 0.15) is 4.90 Å². The summed E-state index contributed by atoms with van der Waals surface area (Å²) >= 11 is 0. The van der Waals surface area contributed by atoms with E-state index in [0.717, 1.165) is 0 Å². The van der Waals surface area contributed by atoms with E-state index in [1.807, 2.05) is 0 Å². The number of alkyl halides is 1. The summed E-state index contributed by atoms with van der Waals surface area (Å²) in [6, 6.07) is 7.05. The van der Waals surface area contributed by atoms with Crippen molar-refractivity contribution >= 4 is 16.1 Å². The molecule has 0 aliphatic rings. The SMILES string of the molecule is O=C(CF)OS(=O)(=O)c1ccccc1. The lowest BCUT2D eigenvalue weighted by atomic mass is 10.4. The molecule has 0 aliphatic heterocycles. The molecule has 0 amide bonds. The highest BCUT2D eigenvalue weighted by atomic mass is 32.2. The lowest BCUT2D eigenvalue weighted by molar-refractivity contribution is -0.134. The van der Waals surface area contributed by atoms with Crippen LogP contribution in [0.1, 0.15) is 0 Å². The standard InChI is InChI=1S/C8H7FO4S/c9-6-8(10)13-14(11,12)7-4-2-1-3-5-7/h1-5H,6H2. The van der Waals surface area contributed by atoms with Gasteiger partial charge in [-0.15, -0.1) is 0 Å². The first-order chi connectivity index (χ1) is 6.56. The molecule has 0 saturated heterocycles. The first-order valence-electron chi connectivity index (χ1n) is 3.64. The summed E-state index contributed by atoms with van der Waals surface area (Å²) in [5, 5.41) is 0. The van der Waals surface area contributed by atoms with Crippen LogP contribution in [0.5, 0.6) is 0 Å². The van der Waals surface area contributed by atoms with Crippen LogP contribution in [0.25, 0.3) is 0 Å². The van der Waals surface area contributed by atoms with E-state index in [1.54, 1.807) is 6.07 Å². The summed E-state index contributed by atoms with van der Waals surface area (Å²) in [4.78, 5) is 10.2. The Bertz CT molecular complexity index is 412. The molecule has 0 aromatic heterocycles. The van der Waals surface area contributed by atoms with Gasteiger partial charge in [-0.2, -0.15) is 8.42 Å². The van der Waals surface area contributed by atoms with Gasteiger partial charge in [0.05, 0.1) is 0 Å². The quantitative estimate of drug-likeness (QED) is 0.707. The van der Waals surface area contributed by atoms with Crippen LogP contribution in [-0.2, 0) is 19.1 Å². The molecule has 0 radical (unpaired) electrons. The predicted molar refractivity (Wildman–Crippen MR) is 45.7 cm³/mol. The van der Waals surface area contributed by atoms with Crippen molar-refractivity contribution in [1.29, 1.82) is 0 Å². The maximum absolute atomic E-state index is 11.7. The summed E-state index contributed by atoms with van der Waals surface area (Å²) in [6.45, 7) is -1.47. The Labute approximate surface area is 80.4 Å². The van der Waals surface area contributed by atoms with Crippen LogP contribution in [0.15, 0.2) is 35.2 Å². The van der Waals surface area contributed by atoms with Crippen LogP contribution in [0.3, 0.4) is 0 Å². The minimum atomic E-state index is -4.16. The molecule has 6 heteroatoms. The second-order valence-electron chi connectivity index (χ2n) is 2.36. The maximum atomic E-state index is 11.7. The van der Waals surface area contributed by atoms with E-state index >= 15 is 0 Å². The Balaban J connectivity index is 2.93. The molecule has 1 aromatic rings. The predicted octanol–water partition coefficient (Wildman–Crippen LogP) is 0.888. The molecule has 0 spiro atoms. The molecule has 0 aliphatic carbocycles. The summed E-state index contributed by atoms with van der Waals surface area (Å²) < 4.78 is 38.0. The highest BCUT2D eigenvalue weighted by Crippen LogP contribution is 2.11. The summed E-state index contributed by atoms with van der Waals surface area (Å²) in [7, 11) is -4.16. The van der Waals surface area contributed by atoms with Crippen molar-refractivity contribution in [3.05, 3.63) is 30.3 Å². The second kappa shape index (κ2) is 4.19. The van der Waals surface area contributed by atoms with Gasteiger partial charge in [-0.25, -0.2) is 9.18 Å². The number of carbonyl (C=O) groups is 1. The highest BCUT2D eigenvalue weighted by molar-refractivity contribution is 7.87. The summed E-state index contributed by atoms with van der Waals surface area (Å²) in [5.74, 6) is -1.42. The monoisotopic (exact) mass is 218 g/mol. The first-order valence-corrected chi connectivity index (χ1v) is 5.05. The minimum Gasteiger partial charge on any atom is -0.339 e. The third kappa shape index (κ3) is 2.53. The van der Waals surface area contributed by atoms with E-state index in [-0.39, 0.29) is 4.90 Å². The number of benzene rings is 1. The fourth-order valence-corrected chi connectivity index (χ4v) is 1.66. The molecule has 0 unspecified atom stereocenters. The van der Waals surface area contributed by atoms with Gasteiger partial charge >= 0.3 is 16.1 Å². The molecule has 0 fully saturated rings. The minimum absolute atomic E-state index is 0.179. The third-order valence-corrected chi connectivity index (χ3v) is 2.60. The Morgan fingerprint density at radius 1 is 1.29 bits per heavy atom.